The second-order valence-corrected chi connectivity index (χ2v) is 5.13. The van der Waals surface area contributed by atoms with Crippen LogP contribution in [-0.4, -0.2) is 5.91 Å². The molecule has 0 bridgehead atoms. The Balaban J connectivity index is 3.72. The second kappa shape index (κ2) is 7.72. The molecule has 0 aliphatic carbocycles. The standard InChI is InChI=1S/C13H27NO/c1-5-6-7-10(2)8-11(3)9-12(4)13(14)15/h10-12H,5-9H2,1-4H3,(H2,14,15). The molecule has 3 unspecified atom stereocenters. The van der Waals surface area contributed by atoms with E-state index in [2.05, 4.69) is 20.8 Å². The van der Waals surface area contributed by atoms with Crippen LogP contribution in [0.15, 0.2) is 0 Å². The Bertz CT molecular complexity index is 179. The van der Waals surface area contributed by atoms with Crippen LogP contribution in [0.1, 0.15) is 59.8 Å². The minimum atomic E-state index is -0.164. The van der Waals surface area contributed by atoms with Crippen molar-refractivity contribution < 1.29 is 4.79 Å². The molecule has 0 saturated carbocycles. The maximum atomic E-state index is 10.9. The molecule has 0 aromatic carbocycles. The molecule has 0 saturated heterocycles. The Morgan fingerprint density at radius 1 is 1.13 bits per heavy atom. The van der Waals surface area contributed by atoms with Crippen molar-refractivity contribution in [3.63, 3.8) is 0 Å². The molecule has 0 spiro atoms. The normalized spacial score (nSPS) is 17.1. The van der Waals surface area contributed by atoms with Crippen LogP contribution < -0.4 is 5.73 Å². The quantitative estimate of drug-likeness (QED) is 0.660. The molecule has 0 rings (SSSR count). The van der Waals surface area contributed by atoms with Gasteiger partial charge in [0.1, 0.15) is 0 Å². The zero-order chi connectivity index (χ0) is 11.8. The molecular formula is C13H27NO. The van der Waals surface area contributed by atoms with Crippen LogP contribution in [0.5, 0.6) is 0 Å². The van der Waals surface area contributed by atoms with Crippen molar-refractivity contribution in [3.8, 4) is 0 Å². The van der Waals surface area contributed by atoms with Crippen LogP contribution in [-0.2, 0) is 4.79 Å². The average molecular weight is 213 g/mol. The number of nitrogens with two attached hydrogens (primary N) is 1. The summed E-state index contributed by atoms with van der Waals surface area (Å²) in [4.78, 5) is 10.9. The van der Waals surface area contributed by atoms with Crippen molar-refractivity contribution in [3.05, 3.63) is 0 Å². The van der Waals surface area contributed by atoms with E-state index in [1.807, 2.05) is 6.92 Å². The van der Waals surface area contributed by atoms with Gasteiger partial charge in [0.05, 0.1) is 0 Å². The van der Waals surface area contributed by atoms with Gasteiger partial charge in [-0.2, -0.15) is 0 Å². The van der Waals surface area contributed by atoms with Crippen molar-refractivity contribution in [2.24, 2.45) is 23.5 Å². The Hall–Kier alpha value is -0.530. The van der Waals surface area contributed by atoms with Crippen LogP contribution in [0.3, 0.4) is 0 Å². The van der Waals surface area contributed by atoms with Gasteiger partial charge in [-0.25, -0.2) is 0 Å². The van der Waals surface area contributed by atoms with Gasteiger partial charge in [0.15, 0.2) is 0 Å². The van der Waals surface area contributed by atoms with Crippen molar-refractivity contribution in [2.75, 3.05) is 0 Å². The van der Waals surface area contributed by atoms with E-state index in [-0.39, 0.29) is 11.8 Å². The van der Waals surface area contributed by atoms with E-state index in [0.29, 0.717) is 5.92 Å². The predicted molar refractivity (Wildman–Crippen MR) is 65.4 cm³/mol. The highest BCUT2D eigenvalue weighted by molar-refractivity contribution is 5.76. The van der Waals surface area contributed by atoms with Gasteiger partial charge in [0.2, 0.25) is 5.91 Å². The van der Waals surface area contributed by atoms with E-state index in [9.17, 15) is 4.79 Å². The van der Waals surface area contributed by atoms with Crippen LogP contribution >= 0.6 is 0 Å². The van der Waals surface area contributed by atoms with E-state index < -0.39 is 0 Å². The number of amides is 1. The van der Waals surface area contributed by atoms with Crippen LogP contribution in [0.4, 0.5) is 0 Å². The topological polar surface area (TPSA) is 43.1 Å². The van der Waals surface area contributed by atoms with Gasteiger partial charge in [-0.15, -0.1) is 0 Å². The molecule has 0 radical (unpaired) electrons. The average Bonchev–Trinajstić information content (AvgIpc) is 2.14. The SMILES string of the molecule is CCCCC(C)CC(C)CC(C)C(N)=O. The molecular weight excluding hydrogens is 186 g/mol. The van der Waals surface area contributed by atoms with Crippen molar-refractivity contribution >= 4 is 5.91 Å². The molecule has 2 N–H and O–H groups in total. The van der Waals surface area contributed by atoms with Gasteiger partial charge >= 0.3 is 0 Å². The number of primary amides is 1. The third-order valence-corrected chi connectivity index (χ3v) is 3.10. The molecule has 2 heteroatoms. The summed E-state index contributed by atoms with van der Waals surface area (Å²) in [5.74, 6) is 1.25. The van der Waals surface area contributed by atoms with Gasteiger partial charge in [-0.3, -0.25) is 4.79 Å². The largest absolute Gasteiger partial charge is 0.369 e. The maximum Gasteiger partial charge on any atom is 0.220 e. The minimum Gasteiger partial charge on any atom is -0.369 e. The summed E-state index contributed by atoms with van der Waals surface area (Å²) in [6.07, 6.45) is 6.06. The molecule has 0 aliphatic rings. The third kappa shape index (κ3) is 7.40. The lowest BCUT2D eigenvalue weighted by atomic mass is 9.87. The minimum absolute atomic E-state index is 0.0263. The third-order valence-electron chi connectivity index (χ3n) is 3.10. The summed E-state index contributed by atoms with van der Waals surface area (Å²) in [6, 6.07) is 0. The predicted octanol–water partition coefficient (Wildman–Crippen LogP) is 3.35. The van der Waals surface area contributed by atoms with Crippen molar-refractivity contribution in [1.82, 2.24) is 0 Å². The van der Waals surface area contributed by atoms with Crippen LogP contribution in [0, 0.1) is 17.8 Å². The fourth-order valence-electron chi connectivity index (χ4n) is 2.17. The molecule has 0 fully saturated rings. The number of hydrogen-bond acceptors (Lipinski definition) is 1. The molecule has 3 atom stereocenters. The first-order valence-corrected chi connectivity index (χ1v) is 6.26. The molecule has 2 nitrogen and oxygen atoms in total. The smallest absolute Gasteiger partial charge is 0.220 e. The Labute approximate surface area is 94.6 Å². The summed E-state index contributed by atoms with van der Waals surface area (Å²) in [7, 11) is 0. The Morgan fingerprint density at radius 3 is 2.20 bits per heavy atom. The molecule has 90 valence electrons. The molecule has 15 heavy (non-hydrogen) atoms. The fraction of sp³-hybridized carbons (Fsp3) is 0.923. The first kappa shape index (κ1) is 14.5. The molecule has 0 heterocycles. The molecule has 1 amide bonds. The maximum absolute atomic E-state index is 10.9. The monoisotopic (exact) mass is 213 g/mol. The highest BCUT2D eigenvalue weighted by Crippen LogP contribution is 2.22. The van der Waals surface area contributed by atoms with Gasteiger partial charge in [-0.1, -0.05) is 47.0 Å². The molecule has 0 aromatic heterocycles. The number of carbonyl (C=O) groups is 1. The summed E-state index contributed by atoms with van der Waals surface area (Å²) >= 11 is 0. The first-order valence-electron chi connectivity index (χ1n) is 6.26. The highest BCUT2D eigenvalue weighted by Gasteiger charge is 2.15. The zero-order valence-electron chi connectivity index (χ0n) is 10.8. The van der Waals surface area contributed by atoms with Crippen LogP contribution in [0.25, 0.3) is 0 Å². The summed E-state index contributed by atoms with van der Waals surface area (Å²) < 4.78 is 0. The summed E-state index contributed by atoms with van der Waals surface area (Å²) in [5.41, 5.74) is 5.26. The van der Waals surface area contributed by atoms with E-state index in [1.54, 1.807) is 0 Å². The lowest BCUT2D eigenvalue weighted by molar-refractivity contribution is -0.121. The second-order valence-electron chi connectivity index (χ2n) is 5.13. The number of hydrogen-bond donors (Lipinski definition) is 1. The number of carbonyl (C=O) groups excluding carboxylic acids is 1. The Morgan fingerprint density at radius 2 is 1.73 bits per heavy atom. The summed E-state index contributed by atoms with van der Waals surface area (Å²) in [6.45, 7) is 8.68. The van der Waals surface area contributed by atoms with Crippen LogP contribution in [0.2, 0.25) is 0 Å². The van der Waals surface area contributed by atoms with Gasteiger partial charge in [0.25, 0.3) is 0 Å². The van der Waals surface area contributed by atoms with Gasteiger partial charge in [-0.05, 0) is 24.7 Å². The van der Waals surface area contributed by atoms with E-state index in [0.717, 1.165) is 12.3 Å². The highest BCUT2D eigenvalue weighted by atomic mass is 16.1. The van der Waals surface area contributed by atoms with E-state index in [4.69, 9.17) is 5.73 Å². The van der Waals surface area contributed by atoms with Gasteiger partial charge < -0.3 is 5.73 Å². The van der Waals surface area contributed by atoms with Gasteiger partial charge in [0, 0.05) is 5.92 Å². The van der Waals surface area contributed by atoms with E-state index >= 15 is 0 Å². The zero-order valence-corrected chi connectivity index (χ0v) is 10.8. The lowest BCUT2D eigenvalue weighted by Gasteiger charge is -2.19. The summed E-state index contributed by atoms with van der Waals surface area (Å²) in [5, 5.41) is 0. The number of rotatable bonds is 8. The molecule has 0 aromatic rings. The lowest BCUT2D eigenvalue weighted by Crippen LogP contribution is -2.22. The van der Waals surface area contributed by atoms with E-state index in [1.165, 1.54) is 25.7 Å². The van der Waals surface area contributed by atoms with Crippen molar-refractivity contribution in [2.45, 2.75) is 59.8 Å². The van der Waals surface area contributed by atoms with Crippen molar-refractivity contribution in [1.29, 1.82) is 0 Å². The Kier molecular flexibility index (Phi) is 7.45. The first-order chi connectivity index (χ1) is 6.97. The number of unbranched alkanes of at least 4 members (excludes halogenated alkanes) is 1. The fourth-order valence-corrected chi connectivity index (χ4v) is 2.17. The molecule has 0 aliphatic heterocycles.